The number of nitrogens with one attached hydrogen (secondary N) is 3. The number of amides is 1. The Kier molecular flexibility index (Phi) is 8.37. The summed E-state index contributed by atoms with van der Waals surface area (Å²) in [5, 5.41) is 9.89. The minimum absolute atomic E-state index is 0.00695. The van der Waals surface area contributed by atoms with Crippen LogP contribution in [-0.2, 0) is 23.9 Å². The predicted octanol–water partition coefficient (Wildman–Crippen LogP) is 2.72. The average Bonchev–Trinajstić information content (AvgIpc) is 3.14. The summed E-state index contributed by atoms with van der Waals surface area (Å²) < 4.78 is 50.6. The number of carbonyl (C=O) groups excluding carboxylic acids is 1. The molecule has 1 aromatic heterocycles. The molecule has 0 aliphatic heterocycles. The quantitative estimate of drug-likeness (QED) is 0.260. The van der Waals surface area contributed by atoms with Gasteiger partial charge in [0.1, 0.15) is 10.8 Å². The fourth-order valence-corrected chi connectivity index (χ4v) is 2.96. The van der Waals surface area contributed by atoms with Gasteiger partial charge in [-0.05, 0) is 24.6 Å². The molecule has 2 rings (SSSR count). The van der Waals surface area contributed by atoms with Crippen LogP contribution in [0, 0.1) is 5.82 Å². The van der Waals surface area contributed by atoms with Crippen molar-refractivity contribution in [2.75, 3.05) is 19.6 Å². The maximum atomic E-state index is 12.9. The number of benzene rings is 1. The molecule has 0 aliphatic rings. The van der Waals surface area contributed by atoms with Crippen molar-refractivity contribution in [3.63, 3.8) is 0 Å². The molecule has 1 heterocycles. The molecule has 6 nitrogen and oxygen atoms in total. The zero-order valence-corrected chi connectivity index (χ0v) is 16.5. The van der Waals surface area contributed by atoms with Crippen LogP contribution in [0.3, 0.4) is 0 Å². The smallest absolute Gasteiger partial charge is 0.357 e. The number of hydrogen-bond acceptors (Lipinski definition) is 4. The number of rotatable bonds is 8. The second-order valence-corrected chi connectivity index (χ2v) is 6.84. The first kappa shape index (κ1) is 22.6. The van der Waals surface area contributed by atoms with E-state index in [0.29, 0.717) is 31.2 Å². The van der Waals surface area contributed by atoms with Gasteiger partial charge in [0, 0.05) is 25.0 Å². The molecule has 0 bridgehead atoms. The summed E-state index contributed by atoms with van der Waals surface area (Å²) in [7, 11) is 0. The summed E-state index contributed by atoms with van der Waals surface area (Å²) in [4.78, 5) is 19.6. The number of nitrogens with zero attached hydrogens (tertiary/aromatic N) is 2. The molecule has 0 aliphatic carbocycles. The van der Waals surface area contributed by atoms with E-state index in [2.05, 4.69) is 25.9 Å². The maximum absolute atomic E-state index is 12.9. The van der Waals surface area contributed by atoms with Gasteiger partial charge in [0.2, 0.25) is 5.91 Å². The third-order valence-corrected chi connectivity index (χ3v) is 4.41. The number of aromatic nitrogens is 1. The highest BCUT2D eigenvalue weighted by Crippen LogP contribution is 2.30. The summed E-state index contributed by atoms with van der Waals surface area (Å²) in [5.74, 6) is -0.159. The van der Waals surface area contributed by atoms with Gasteiger partial charge in [-0.25, -0.2) is 14.4 Å². The second kappa shape index (κ2) is 10.7. The monoisotopic (exact) mass is 431 g/mol. The molecule has 29 heavy (non-hydrogen) atoms. The number of carbonyl (C=O) groups is 1. The second-order valence-electron chi connectivity index (χ2n) is 5.90. The number of halogens is 4. The largest absolute Gasteiger partial charge is 0.434 e. The minimum atomic E-state index is -4.46. The third kappa shape index (κ3) is 8.06. The highest BCUT2D eigenvalue weighted by molar-refractivity contribution is 7.09. The van der Waals surface area contributed by atoms with Gasteiger partial charge in [-0.3, -0.25) is 4.79 Å². The van der Waals surface area contributed by atoms with Gasteiger partial charge >= 0.3 is 6.18 Å². The van der Waals surface area contributed by atoms with Crippen molar-refractivity contribution in [3.8, 4) is 0 Å². The molecule has 2 aromatic rings. The van der Waals surface area contributed by atoms with Crippen LogP contribution in [0.25, 0.3) is 0 Å². The van der Waals surface area contributed by atoms with Gasteiger partial charge in [-0.2, -0.15) is 13.2 Å². The fraction of sp³-hybridized carbons (Fsp3) is 0.389. The van der Waals surface area contributed by atoms with Crippen molar-refractivity contribution < 1.29 is 22.4 Å². The minimum Gasteiger partial charge on any atom is -0.357 e. The Morgan fingerprint density at radius 2 is 1.83 bits per heavy atom. The molecular weight excluding hydrogens is 410 g/mol. The van der Waals surface area contributed by atoms with Gasteiger partial charge in [0.05, 0.1) is 13.0 Å². The lowest BCUT2D eigenvalue weighted by molar-refractivity contribution is -0.140. The first-order chi connectivity index (χ1) is 13.8. The maximum Gasteiger partial charge on any atom is 0.434 e. The molecule has 11 heteroatoms. The standard InChI is InChI=1S/C18H21F4N5OS/c1-2-23-17(26-10-16-27-14(11-29-16)18(20,21)22)25-8-7-24-15(28)9-12-3-5-13(19)6-4-12/h3-6,11H,2,7-10H2,1H3,(H,24,28)(H2,23,25,26). The van der Waals surface area contributed by atoms with Crippen LogP contribution in [0.5, 0.6) is 0 Å². The highest BCUT2D eigenvalue weighted by Gasteiger charge is 2.33. The normalized spacial score (nSPS) is 12.0. The Bertz CT molecular complexity index is 820. The van der Waals surface area contributed by atoms with E-state index in [0.717, 1.165) is 16.7 Å². The highest BCUT2D eigenvalue weighted by atomic mass is 32.1. The Balaban J connectivity index is 1.76. The van der Waals surface area contributed by atoms with Gasteiger partial charge in [-0.15, -0.1) is 11.3 Å². The van der Waals surface area contributed by atoms with Crippen LogP contribution in [0.4, 0.5) is 17.6 Å². The van der Waals surface area contributed by atoms with E-state index in [-0.39, 0.29) is 29.7 Å². The Hall–Kier alpha value is -2.69. The van der Waals surface area contributed by atoms with E-state index in [1.54, 1.807) is 12.1 Å². The molecule has 0 unspecified atom stereocenters. The van der Waals surface area contributed by atoms with E-state index in [1.165, 1.54) is 12.1 Å². The van der Waals surface area contributed by atoms with Gasteiger partial charge < -0.3 is 16.0 Å². The van der Waals surface area contributed by atoms with Crippen LogP contribution < -0.4 is 16.0 Å². The first-order valence-corrected chi connectivity index (χ1v) is 9.71. The lowest BCUT2D eigenvalue weighted by Gasteiger charge is -2.11. The number of guanidine groups is 1. The van der Waals surface area contributed by atoms with Crippen LogP contribution >= 0.6 is 11.3 Å². The molecule has 3 N–H and O–H groups in total. The lowest BCUT2D eigenvalue weighted by atomic mass is 10.1. The van der Waals surface area contributed by atoms with Crippen LogP contribution in [0.1, 0.15) is 23.2 Å². The van der Waals surface area contributed by atoms with Gasteiger partial charge in [0.15, 0.2) is 11.7 Å². The van der Waals surface area contributed by atoms with Crippen LogP contribution in [-0.4, -0.2) is 36.5 Å². The molecule has 0 saturated carbocycles. The lowest BCUT2D eigenvalue weighted by Crippen LogP contribution is -2.41. The number of alkyl halides is 3. The zero-order valence-electron chi connectivity index (χ0n) is 15.6. The van der Waals surface area contributed by atoms with Gasteiger partial charge in [0.25, 0.3) is 0 Å². The Labute approximate surface area is 169 Å². The number of thiazole rings is 1. The molecule has 0 radical (unpaired) electrons. The summed E-state index contributed by atoms with van der Waals surface area (Å²) in [6.45, 7) is 3.11. The van der Waals surface area contributed by atoms with Crippen molar-refractivity contribution in [2.45, 2.75) is 26.1 Å². The van der Waals surface area contributed by atoms with Crippen LogP contribution in [0.15, 0.2) is 34.6 Å². The topological polar surface area (TPSA) is 78.4 Å². The molecule has 0 saturated heterocycles. The first-order valence-electron chi connectivity index (χ1n) is 8.83. The fourth-order valence-electron chi connectivity index (χ4n) is 2.24. The zero-order chi connectivity index (χ0) is 21.3. The molecule has 0 spiro atoms. The number of hydrogen-bond donors (Lipinski definition) is 3. The van der Waals surface area contributed by atoms with E-state index >= 15 is 0 Å². The Morgan fingerprint density at radius 3 is 2.45 bits per heavy atom. The molecule has 1 aromatic carbocycles. The molecule has 1 amide bonds. The summed E-state index contributed by atoms with van der Waals surface area (Å²) in [6.07, 6.45) is -4.33. The van der Waals surface area contributed by atoms with Crippen molar-refractivity contribution >= 4 is 23.2 Å². The van der Waals surface area contributed by atoms with E-state index in [4.69, 9.17) is 0 Å². The molecule has 158 valence electrons. The van der Waals surface area contributed by atoms with Crippen molar-refractivity contribution in [1.82, 2.24) is 20.9 Å². The van der Waals surface area contributed by atoms with Crippen molar-refractivity contribution in [1.29, 1.82) is 0 Å². The van der Waals surface area contributed by atoms with Crippen molar-refractivity contribution in [3.05, 3.63) is 51.7 Å². The SMILES string of the molecule is CCNC(=NCc1nc(C(F)(F)F)cs1)NCCNC(=O)Cc1ccc(F)cc1. The third-order valence-electron chi connectivity index (χ3n) is 3.58. The molecular formula is C18H21F4N5OS. The number of aliphatic imine (C=N–C) groups is 1. The van der Waals surface area contributed by atoms with E-state index in [1.807, 2.05) is 6.92 Å². The summed E-state index contributed by atoms with van der Waals surface area (Å²) in [5.41, 5.74) is -0.219. The van der Waals surface area contributed by atoms with Gasteiger partial charge in [-0.1, -0.05) is 12.1 Å². The Morgan fingerprint density at radius 1 is 1.14 bits per heavy atom. The van der Waals surface area contributed by atoms with Crippen LogP contribution in [0.2, 0.25) is 0 Å². The summed E-state index contributed by atoms with van der Waals surface area (Å²) in [6, 6.07) is 5.69. The molecule has 0 fully saturated rings. The molecule has 0 atom stereocenters. The predicted molar refractivity (Wildman–Crippen MR) is 103 cm³/mol. The van der Waals surface area contributed by atoms with E-state index in [9.17, 15) is 22.4 Å². The summed E-state index contributed by atoms with van der Waals surface area (Å²) >= 11 is 0.896. The average molecular weight is 431 g/mol. The van der Waals surface area contributed by atoms with Crippen molar-refractivity contribution in [2.24, 2.45) is 4.99 Å². The van der Waals surface area contributed by atoms with E-state index < -0.39 is 11.9 Å².